The van der Waals surface area contributed by atoms with Crippen LogP contribution in [0.2, 0.25) is 0 Å². The number of benzene rings is 1. The summed E-state index contributed by atoms with van der Waals surface area (Å²) in [6, 6.07) is 10.9. The Hall–Kier alpha value is -2.18. The Morgan fingerprint density at radius 2 is 1.52 bits per heavy atom. The van der Waals surface area contributed by atoms with E-state index >= 15 is 0 Å². The minimum Gasteiger partial charge on any atom is -0.473 e. The number of hydrogen-bond acceptors (Lipinski definition) is 4. The highest BCUT2D eigenvalue weighted by Gasteiger charge is 2.36. The van der Waals surface area contributed by atoms with Crippen LogP contribution in [-0.2, 0) is 16.1 Å². The third-order valence-electron chi connectivity index (χ3n) is 5.81. The summed E-state index contributed by atoms with van der Waals surface area (Å²) in [5, 5.41) is 14.8. The second kappa shape index (κ2) is 9.15. The molecule has 3 aliphatic rings. The molecule has 2 fully saturated rings. The highest BCUT2D eigenvalue weighted by atomic mass is 16.4. The molecule has 0 radical (unpaired) electrons. The molecule has 0 aromatic heterocycles. The van der Waals surface area contributed by atoms with Crippen LogP contribution >= 0.6 is 0 Å². The fraction of sp³-hybridized carbons (Fsp3) is 0.524. The van der Waals surface area contributed by atoms with Gasteiger partial charge in [0.05, 0.1) is 0 Å². The van der Waals surface area contributed by atoms with E-state index in [1.54, 1.807) is 0 Å². The summed E-state index contributed by atoms with van der Waals surface area (Å²) < 4.78 is 0. The van der Waals surface area contributed by atoms with Crippen molar-refractivity contribution in [3.63, 3.8) is 0 Å². The average molecular weight is 372 g/mol. The molecule has 1 heterocycles. The number of rotatable bonds is 4. The van der Waals surface area contributed by atoms with Crippen LogP contribution in [0, 0.1) is 17.8 Å². The molecule has 3 atom stereocenters. The van der Waals surface area contributed by atoms with Gasteiger partial charge in [0.2, 0.25) is 0 Å². The van der Waals surface area contributed by atoms with Gasteiger partial charge in [-0.3, -0.25) is 4.90 Å². The number of piperazine rings is 1. The van der Waals surface area contributed by atoms with E-state index in [0.717, 1.165) is 24.3 Å². The third kappa shape index (κ3) is 5.65. The van der Waals surface area contributed by atoms with Gasteiger partial charge in [0.1, 0.15) is 0 Å². The molecule has 1 aromatic rings. The zero-order valence-corrected chi connectivity index (χ0v) is 15.5. The van der Waals surface area contributed by atoms with Gasteiger partial charge >= 0.3 is 11.9 Å². The summed E-state index contributed by atoms with van der Waals surface area (Å²) in [6.45, 7) is 7.42. The van der Waals surface area contributed by atoms with E-state index in [0.29, 0.717) is 0 Å². The van der Waals surface area contributed by atoms with Crippen LogP contribution in [0.1, 0.15) is 18.4 Å². The summed E-state index contributed by atoms with van der Waals surface area (Å²) in [5.74, 6) is -0.887. The molecule has 6 heteroatoms. The summed E-state index contributed by atoms with van der Waals surface area (Å²) in [7, 11) is 0. The Labute approximate surface area is 160 Å². The fourth-order valence-electron chi connectivity index (χ4n) is 4.41. The number of fused-ring (bicyclic) bond motifs is 2. The Bertz CT molecular complexity index is 656. The molecular formula is C21H28N2O4. The Balaban J connectivity index is 0.000000307. The van der Waals surface area contributed by atoms with Gasteiger partial charge < -0.3 is 15.1 Å². The van der Waals surface area contributed by atoms with Crippen LogP contribution in [0.25, 0.3) is 0 Å². The molecule has 2 N–H and O–H groups in total. The maximum atomic E-state index is 9.10. The van der Waals surface area contributed by atoms with E-state index in [1.807, 2.05) is 0 Å². The lowest BCUT2D eigenvalue weighted by Gasteiger charge is -2.37. The molecule has 146 valence electrons. The number of allylic oxidation sites excluding steroid dienone is 2. The maximum absolute atomic E-state index is 9.10. The monoisotopic (exact) mass is 372 g/mol. The largest absolute Gasteiger partial charge is 0.473 e. The van der Waals surface area contributed by atoms with Crippen molar-refractivity contribution >= 4 is 11.9 Å². The minimum atomic E-state index is -1.82. The first-order valence-corrected chi connectivity index (χ1v) is 9.64. The highest BCUT2D eigenvalue weighted by Crippen LogP contribution is 2.43. The van der Waals surface area contributed by atoms with E-state index in [9.17, 15) is 0 Å². The van der Waals surface area contributed by atoms with Gasteiger partial charge in [0.25, 0.3) is 0 Å². The molecule has 1 saturated heterocycles. The van der Waals surface area contributed by atoms with Gasteiger partial charge in [0.15, 0.2) is 0 Å². The lowest BCUT2D eigenvalue weighted by atomic mass is 9.93. The number of carboxylic acid groups (broad SMARTS) is 2. The number of aliphatic carboxylic acids is 2. The van der Waals surface area contributed by atoms with Crippen LogP contribution in [0.5, 0.6) is 0 Å². The molecule has 3 unspecified atom stereocenters. The molecule has 27 heavy (non-hydrogen) atoms. The molecule has 4 rings (SSSR count). The van der Waals surface area contributed by atoms with Crippen molar-refractivity contribution in [2.45, 2.75) is 19.4 Å². The Morgan fingerprint density at radius 1 is 0.889 bits per heavy atom. The van der Waals surface area contributed by atoms with Gasteiger partial charge in [0, 0.05) is 39.3 Å². The summed E-state index contributed by atoms with van der Waals surface area (Å²) in [4.78, 5) is 23.5. The summed E-state index contributed by atoms with van der Waals surface area (Å²) in [6.07, 6.45) is 7.84. The lowest BCUT2D eigenvalue weighted by Crippen LogP contribution is -2.47. The molecular weight excluding hydrogens is 344 g/mol. The van der Waals surface area contributed by atoms with E-state index < -0.39 is 11.9 Å². The van der Waals surface area contributed by atoms with Crippen molar-refractivity contribution in [3.05, 3.63) is 48.0 Å². The molecule has 1 aromatic carbocycles. The van der Waals surface area contributed by atoms with E-state index in [1.165, 1.54) is 51.1 Å². The number of carbonyl (C=O) groups is 2. The summed E-state index contributed by atoms with van der Waals surface area (Å²) in [5.41, 5.74) is 1.45. The second-order valence-corrected chi connectivity index (χ2v) is 7.71. The highest BCUT2D eigenvalue weighted by molar-refractivity contribution is 6.27. The Kier molecular flexibility index (Phi) is 6.63. The van der Waals surface area contributed by atoms with Crippen molar-refractivity contribution in [2.75, 3.05) is 32.7 Å². The molecule has 2 aliphatic carbocycles. The van der Waals surface area contributed by atoms with Crippen molar-refractivity contribution in [1.29, 1.82) is 0 Å². The molecule has 1 aliphatic heterocycles. The summed E-state index contributed by atoms with van der Waals surface area (Å²) >= 11 is 0. The predicted molar refractivity (Wildman–Crippen MR) is 102 cm³/mol. The third-order valence-corrected chi connectivity index (χ3v) is 5.81. The van der Waals surface area contributed by atoms with E-state index in [4.69, 9.17) is 19.8 Å². The molecule has 1 saturated carbocycles. The van der Waals surface area contributed by atoms with Gasteiger partial charge in [-0.15, -0.1) is 0 Å². The first-order chi connectivity index (χ1) is 13.0. The standard InChI is InChI=1S/C19H26N2.C2H2O4/c1-2-4-16(5-3-1)14-20-8-10-21(11-9-20)15-19-13-17-6-7-18(19)12-17;3-1(4)2(5)6/h1-7,17-19H,8-15H2;(H,3,4)(H,5,6). The van der Waals surface area contributed by atoms with Crippen LogP contribution in [0.3, 0.4) is 0 Å². The normalized spacial score (nSPS) is 27.2. The van der Waals surface area contributed by atoms with E-state index in [-0.39, 0.29) is 0 Å². The van der Waals surface area contributed by atoms with Gasteiger partial charge in [-0.05, 0) is 36.2 Å². The van der Waals surface area contributed by atoms with Crippen molar-refractivity contribution in [1.82, 2.24) is 9.80 Å². The first-order valence-electron chi connectivity index (χ1n) is 9.64. The smallest absolute Gasteiger partial charge is 0.414 e. The number of nitrogens with zero attached hydrogens (tertiary/aromatic N) is 2. The maximum Gasteiger partial charge on any atom is 0.414 e. The van der Waals surface area contributed by atoms with Crippen molar-refractivity contribution in [3.8, 4) is 0 Å². The van der Waals surface area contributed by atoms with Gasteiger partial charge in [-0.1, -0.05) is 42.5 Å². The zero-order chi connectivity index (χ0) is 19.2. The van der Waals surface area contributed by atoms with Crippen LogP contribution in [0.4, 0.5) is 0 Å². The number of carboxylic acids is 2. The van der Waals surface area contributed by atoms with E-state index in [2.05, 4.69) is 52.3 Å². The van der Waals surface area contributed by atoms with Gasteiger partial charge in [-0.25, -0.2) is 9.59 Å². The Morgan fingerprint density at radius 3 is 2.04 bits per heavy atom. The topological polar surface area (TPSA) is 81.1 Å². The molecule has 6 nitrogen and oxygen atoms in total. The lowest BCUT2D eigenvalue weighted by molar-refractivity contribution is -0.159. The molecule has 0 spiro atoms. The zero-order valence-electron chi connectivity index (χ0n) is 15.5. The van der Waals surface area contributed by atoms with Crippen LogP contribution in [-0.4, -0.2) is 64.7 Å². The molecule has 2 bridgehead atoms. The predicted octanol–water partition coefficient (Wildman–Crippen LogP) is 2.17. The fourth-order valence-corrected chi connectivity index (χ4v) is 4.41. The number of hydrogen-bond donors (Lipinski definition) is 2. The van der Waals surface area contributed by atoms with Gasteiger partial charge in [-0.2, -0.15) is 0 Å². The SMILES string of the molecule is C1=CC2CC1CC2CN1CCN(Cc2ccccc2)CC1.O=C(O)C(=O)O. The van der Waals surface area contributed by atoms with Crippen molar-refractivity contribution < 1.29 is 19.8 Å². The van der Waals surface area contributed by atoms with Crippen LogP contribution < -0.4 is 0 Å². The average Bonchev–Trinajstić information content (AvgIpc) is 3.28. The first kappa shape index (κ1) is 19.6. The molecule has 0 amide bonds. The quantitative estimate of drug-likeness (QED) is 0.623. The van der Waals surface area contributed by atoms with Crippen molar-refractivity contribution in [2.24, 2.45) is 17.8 Å². The second-order valence-electron chi connectivity index (χ2n) is 7.71. The minimum absolute atomic E-state index is 0.900. The van der Waals surface area contributed by atoms with Crippen LogP contribution in [0.15, 0.2) is 42.5 Å².